The van der Waals surface area contributed by atoms with Gasteiger partial charge in [-0.15, -0.1) is 0 Å². The molecule has 0 saturated heterocycles. The Balaban J connectivity index is 1.89. The second-order valence-electron chi connectivity index (χ2n) is 7.89. The summed E-state index contributed by atoms with van der Waals surface area (Å²) in [6, 6.07) is 5.29. The molecule has 1 aliphatic rings. The van der Waals surface area contributed by atoms with Crippen molar-refractivity contribution in [3.05, 3.63) is 52.3 Å². The number of hydrogen-bond acceptors (Lipinski definition) is 4. The number of carbonyl (C=O) groups excluding carboxylic acids is 2. The zero-order chi connectivity index (χ0) is 21.4. The van der Waals surface area contributed by atoms with Crippen LogP contribution in [0, 0.1) is 0 Å². The molecule has 2 heterocycles. The van der Waals surface area contributed by atoms with Crippen LogP contribution in [-0.2, 0) is 30.4 Å². The van der Waals surface area contributed by atoms with Crippen molar-refractivity contribution in [3.63, 3.8) is 0 Å². The first-order valence-corrected chi connectivity index (χ1v) is 9.16. The van der Waals surface area contributed by atoms with Gasteiger partial charge < -0.3 is 9.64 Å². The summed E-state index contributed by atoms with van der Waals surface area (Å²) in [7, 11) is 0. The first-order chi connectivity index (χ1) is 13.5. The number of aromatic nitrogens is 2. The molecular formula is C20H22F3N3O3. The Morgan fingerprint density at radius 3 is 2.55 bits per heavy atom. The van der Waals surface area contributed by atoms with Crippen molar-refractivity contribution in [3.8, 4) is 0 Å². The van der Waals surface area contributed by atoms with Gasteiger partial charge in [-0.1, -0.05) is 18.2 Å². The lowest BCUT2D eigenvalue weighted by atomic mass is 10.0. The number of aldehydes is 1. The average Bonchev–Trinajstić information content (AvgIpc) is 2.97. The number of alkyl halides is 3. The molecule has 0 saturated carbocycles. The number of hydrogen-bond donors (Lipinski definition) is 0. The Morgan fingerprint density at radius 2 is 1.93 bits per heavy atom. The molecule has 1 amide bonds. The van der Waals surface area contributed by atoms with Gasteiger partial charge in [0.1, 0.15) is 11.3 Å². The minimum Gasteiger partial charge on any atom is -0.444 e. The van der Waals surface area contributed by atoms with E-state index in [9.17, 15) is 22.8 Å². The van der Waals surface area contributed by atoms with E-state index in [1.54, 1.807) is 20.8 Å². The highest BCUT2D eigenvalue weighted by Gasteiger charge is 2.34. The maximum absolute atomic E-state index is 13.3. The highest BCUT2D eigenvalue weighted by molar-refractivity contribution is 5.76. The third kappa shape index (κ3) is 4.60. The van der Waals surface area contributed by atoms with Crippen molar-refractivity contribution in [1.29, 1.82) is 0 Å². The molecule has 0 atom stereocenters. The summed E-state index contributed by atoms with van der Waals surface area (Å²) in [6.07, 6.45) is -4.06. The molecule has 0 unspecified atom stereocenters. The largest absolute Gasteiger partial charge is 0.444 e. The predicted octanol–water partition coefficient (Wildman–Crippen LogP) is 4.06. The topological polar surface area (TPSA) is 64.4 Å². The lowest BCUT2D eigenvalue weighted by Crippen LogP contribution is -2.40. The molecule has 2 aromatic rings. The van der Waals surface area contributed by atoms with Crippen LogP contribution in [0.25, 0.3) is 0 Å². The molecule has 0 N–H and O–H groups in total. The SMILES string of the molecule is CC(C)(C)OC(=O)N1CCc2c(c(C=O)nn2Cc2ccccc2C(F)(F)F)C1. The zero-order valence-corrected chi connectivity index (χ0v) is 16.4. The van der Waals surface area contributed by atoms with Crippen LogP contribution < -0.4 is 0 Å². The lowest BCUT2D eigenvalue weighted by Gasteiger charge is -2.30. The number of amides is 1. The van der Waals surface area contributed by atoms with Crippen LogP contribution in [0.1, 0.15) is 53.6 Å². The Bertz CT molecular complexity index is 929. The molecule has 156 valence electrons. The van der Waals surface area contributed by atoms with E-state index in [1.165, 1.54) is 27.8 Å². The van der Waals surface area contributed by atoms with Crippen LogP contribution in [0.15, 0.2) is 24.3 Å². The number of rotatable bonds is 3. The van der Waals surface area contributed by atoms with Gasteiger partial charge in [0.05, 0.1) is 18.7 Å². The number of carbonyl (C=O) groups is 2. The van der Waals surface area contributed by atoms with E-state index in [1.807, 2.05) is 0 Å². The summed E-state index contributed by atoms with van der Waals surface area (Å²) in [5, 5.41) is 4.20. The van der Waals surface area contributed by atoms with Crippen LogP contribution in [-0.4, -0.2) is 39.2 Å². The summed E-state index contributed by atoms with van der Waals surface area (Å²) >= 11 is 0. The Hall–Kier alpha value is -2.84. The van der Waals surface area contributed by atoms with Crippen molar-refractivity contribution in [2.75, 3.05) is 6.54 Å². The molecule has 6 nitrogen and oxygen atoms in total. The number of benzene rings is 1. The van der Waals surface area contributed by atoms with Gasteiger partial charge in [0.15, 0.2) is 6.29 Å². The van der Waals surface area contributed by atoms with Crippen molar-refractivity contribution in [2.24, 2.45) is 0 Å². The van der Waals surface area contributed by atoms with Crippen molar-refractivity contribution in [1.82, 2.24) is 14.7 Å². The summed E-state index contributed by atoms with van der Waals surface area (Å²) in [5.74, 6) is 0. The second kappa shape index (κ2) is 7.53. The van der Waals surface area contributed by atoms with E-state index >= 15 is 0 Å². The van der Waals surface area contributed by atoms with Crippen molar-refractivity contribution in [2.45, 2.75) is 52.1 Å². The molecule has 1 aliphatic heterocycles. The highest BCUT2D eigenvalue weighted by atomic mass is 19.4. The fraction of sp³-hybridized carbons (Fsp3) is 0.450. The quantitative estimate of drug-likeness (QED) is 0.718. The van der Waals surface area contributed by atoms with Crippen molar-refractivity contribution < 1.29 is 27.5 Å². The van der Waals surface area contributed by atoms with E-state index < -0.39 is 23.4 Å². The molecule has 0 aliphatic carbocycles. The number of halogens is 3. The van der Waals surface area contributed by atoms with E-state index in [-0.39, 0.29) is 24.3 Å². The highest BCUT2D eigenvalue weighted by Crippen LogP contribution is 2.33. The lowest BCUT2D eigenvalue weighted by molar-refractivity contribution is -0.138. The summed E-state index contributed by atoms with van der Waals surface area (Å²) in [4.78, 5) is 25.3. The van der Waals surface area contributed by atoms with Crippen LogP contribution >= 0.6 is 0 Å². The standard InChI is InChI=1S/C20H22F3N3O3/c1-19(2,3)29-18(28)25-9-8-17-14(11-25)16(12-27)24-26(17)10-13-6-4-5-7-15(13)20(21,22)23/h4-7,12H,8-11H2,1-3H3. The van der Waals surface area contributed by atoms with Crippen LogP contribution in [0.5, 0.6) is 0 Å². The number of nitrogens with zero attached hydrogens (tertiary/aromatic N) is 3. The van der Waals surface area contributed by atoms with E-state index in [0.29, 0.717) is 30.5 Å². The van der Waals surface area contributed by atoms with Gasteiger partial charge in [-0.25, -0.2) is 4.79 Å². The minimum atomic E-state index is -4.48. The summed E-state index contributed by atoms with van der Waals surface area (Å²) < 4.78 is 46.7. The van der Waals surface area contributed by atoms with Gasteiger partial charge in [0.25, 0.3) is 0 Å². The number of ether oxygens (including phenoxy) is 1. The Kier molecular flexibility index (Phi) is 5.42. The monoisotopic (exact) mass is 409 g/mol. The van der Waals surface area contributed by atoms with Crippen LogP contribution in [0.2, 0.25) is 0 Å². The molecule has 0 spiro atoms. The maximum atomic E-state index is 13.3. The summed E-state index contributed by atoms with van der Waals surface area (Å²) in [6.45, 7) is 5.61. The smallest absolute Gasteiger partial charge is 0.416 e. The van der Waals surface area contributed by atoms with Gasteiger partial charge >= 0.3 is 12.3 Å². The third-order valence-electron chi connectivity index (χ3n) is 4.57. The predicted molar refractivity (Wildman–Crippen MR) is 98.5 cm³/mol. The zero-order valence-electron chi connectivity index (χ0n) is 16.4. The van der Waals surface area contributed by atoms with E-state index in [0.717, 1.165) is 6.07 Å². The fourth-order valence-electron chi connectivity index (χ4n) is 3.32. The summed E-state index contributed by atoms with van der Waals surface area (Å²) in [5.41, 5.74) is -0.000256. The van der Waals surface area contributed by atoms with Gasteiger partial charge in [0, 0.05) is 24.2 Å². The van der Waals surface area contributed by atoms with E-state index in [2.05, 4.69) is 5.10 Å². The molecule has 3 rings (SSSR count). The first-order valence-electron chi connectivity index (χ1n) is 9.16. The van der Waals surface area contributed by atoms with Crippen LogP contribution in [0.3, 0.4) is 0 Å². The van der Waals surface area contributed by atoms with Gasteiger partial charge in [-0.05, 0) is 32.4 Å². The maximum Gasteiger partial charge on any atom is 0.416 e. The Labute approximate surface area is 166 Å². The minimum absolute atomic E-state index is 0.0670. The molecule has 0 fully saturated rings. The van der Waals surface area contributed by atoms with Gasteiger partial charge in [-0.3, -0.25) is 9.48 Å². The average molecular weight is 409 g/mol. The number of fused-ring (bicyclic) bond motifs is 1. The molecule has 1 aromatic carbocycles. The van der Waals surface area contributed by atoms with Gasteiger partial charge in [0.2, 0.25) is 0 Å². The third-order valence-corrected chi connectivity index (χ3v) is 4.57. The Morgan fingerprint density at radius 1 is 1.24 bits per heavy atom. The molecule has 0 radical (unpaired) electrons. The second-order valence-corrected chi connectivity index (χ2v) is 7.89. The van der Waals surface area contributed by atoms with Crippen molar-refractivity contribution >= 4 is 12.4 Å². The normalized spacial score (nSPS) is 14.5. The molecule has 0 bridgehead atoms. The molecule has 1 aromatic heterocycles. The van der Waals surface area contributed by atoms with Gasteiger partial charge in [-0.2, -0.15) is 18.3 Å². The van der Waals surface area contributed by atoms with Crippen LogP contribution in [0.4, 0.5) is 18.0 Å². The van der Waals surface area contributed by atoms with E-state index in [4.69, 9.17) is 4.74 Å². The first kappa shape index (κ1) is 20.9. The molecular weight excluding hydrogens is 387 g/mol. The fourth-order valence-corrected chi connectivity index (χ4v) is 3.32. The molecule has 9 heteroatoms. The molecule has 29 heavy (non-hydrogen) atoms.